The van der Waals surface area contributed by atoms with Crippen molar-refractivity contribution in [2.45, 2.75) is 57.8 Å². The summed E-state index contributed by atoms with van der Waals surface area (Å²) in [5.74, 6) is 0.633. The summed E-state index contributed by atoms with van der Waals surface area (Å²) in [6.07, 6.45) is 2.59. The number of benzene rings is 2. The first-order valence-corrected chi connectivity index (χ1v) is 11.9. The lowest BCUT2D eigenvalue weighted by atomic mass is 10.0. The van der Waals surface area contributed by atoms with Crippen molar-refractivity contribution in [2.24, 2.45) is 0 Å². The number of hydrogen-bond donors (Lipinski definition) is 2. The summed E-state index contributed by atoms with van der Waals surface area (Å²) in [6.45, 7) is 4.62. The van der Waals surface area contributed by atoms with Crippen molar-refractivity contribution >= 4 is 5.91 Å². The van der Waals surface area contributed by atoms with E-state index in [9.17, 15) is 15.0 Å². The van der Waals surface area contributed by atoms with Crippen LogP contribution >= 0.6 is 0 Å². The lowest BCUT2D eigenvalue weighted by molar-refractivity contribution is -0.0163. The van der Waals surface area contributed by atoms with E-state index < -0.39 is 12.2 Å². The van der Waals surface area contributed by atoms with Crippen molar-refractivity contribution in [1.29, 1.82) is 0 Å². The lowest BCUT2D eigenvalue weighted by Crippen LogP contribution is -2.36. The molecule has 2 N–H and O–H groups in total. The van der Waals surface area contributed by atoms with Gasteiger partial charge in [-0.3, -0.25) is 9.69 Å². The average molecular weight is 455 g/mol. The van der Waals surface area contributed by atoms with Gasteiger partial charge in [0, 0.05) is 32.7 Å². The molecule has 0 aliphatic carbocycles. The highest BCUT2D eigenvalue weighted by molar-refractivity contribution is 5.94. The molecule has 1 aliphatic rings. The Morgan fingerprint density at radius 1 is 1.06 bits per heavy atom. The van der Waals surface area contributed by atoms with Crippen LogP contribution in [-0.4, -0.2) is 71.9 Å². The molecule has 0 aromatic heterocycles. The fourth-order valence-corrected chi connectivity index (χ4v) is 4.27. The number of carbonyl (C=O) groups excluding carboxylic acids is 1. The SMILES string of the molecule is Cc1cccc(CN2CCCCCc3cc(C(=O)N(C)C)ccc3OC[C@@H](O)[C@@H](O)CC2)c1. The van der Waals surface area contributed by atoms with Crippen molar-refractivity contribution in [3.63, 3.8) is 0 Å². The molecule has 33 heavy (non-hydrogen) atoms. The minimum atomic E-state index is -0.968. The predicted molar refractivity (Wildman–Crippen MR) is 131 cm³/mol. The standard InChI is InChI=1S/C27H38N2O4/c1-20-8-7-9-21(16-20)18-29-14-6-4-5-10-22-17-23(27(32)28(2)3)11-12-26(22)33-19-25(31)24(30)13-15-29/h7-9,11-12,16-17,24-25,30-31H,4-6,10,13-15,18-19H2,1-3H3/t24-,25+/m0/s1. The van der Waals surface area contributed by atoms with Crippen LogP contribution in [0.25, 0.3) is 0 Å². The summed E-state index contributed by atoms with van der Waals surface area (Å²) < 4.78 is 5.90. The van der Waals surface area contributed by atoms with Gasteiger partial charge in [-0.15, -0.1) is 0 Å². The van der Waals surface area contributed by atoms with E-state index in [0.29, 0.717) is 17.7 Å². The smallest absolute Gasteiger partial charge is 0.253 e. The Morgan fingerprint density at radius 3 is 2.64 bits per heavy atom. The van der Waals surface area contributed by atoms with Crippen LogP contribution in [0.4, 0.5) is 0 Å². The number of nitrogens with zero attached hydrogens (tertiary/aromatic N) is 2. The van der Waals surface area contributed by atoms with Crippen LogP contribution < -0.4 is 4.74 Å². The summed E-state index contributed by atoms with van der Waals surface area (Å²) in [5.41, 5.74) is 4.11. The van der Waals surface area contributed by atoms with Crippen LogP contribution in [0.3, 0.4) is 0 Å². The van der Waals surface area contributed by atoms with Gasteiger partial charge in [0.25, 0.3) is 5.91 Å². The van der Waals surface area contributed by atoms with Gasteiger partial charge in [-0.1, -0.05) is 36.2 Å². The van der Waals surface area contributed by atoms with Crippen LogP contribution in [0, 0.1) is 6.92 Å². The number of aliphatic hydroxyl groups excluding tert-OH is 2. The minimum absolute atomic E-state index is 0.0209. The van der Waals surface area contributed by atoms with Gasteiger partial charge >= 0.3 is 0 Å². The maximum atomic E-state index is 12.4. The van der Waals surface area contributed by atoms with Crippen LogP contribution in [0.1, 0.15) is 52.7 Å². The van der Waals surface area contributed by atoms with Gasteiger partial charge in [-0.25, -0.2) is 0 Å². The first-order chi connectivity index (χ1) is 15.8. The Bertz CT molecular complexity index is 915. The Hall–Kier alpha value is -2.41. The molecule has 1 aliphatic heterocycles. The molecule has 0 fully saturated rings. The van der Waals surface area contributed by atoms with E-state index >= 15 is 0 Å². The Labute approximate surface area is 197 Å². The first-order valence-electron chi connectivity index (χ1n) is 11.9. The van der Waals surface area contributed by atoms with E-state index in [1.807, 2.05) is 6.07 Å². The second-order valence-corrected chi connectivity index (χ2v) is 9.33. The largest absolute Gasteiger partial charge is 0.491 e. The van der Waals surface area contributed by atoms with E-state index in [1.165, 1.54) is 11.1 Å². The third-order valence-corrected chi connectivity index (χ3v) is 6.22. The van der Waals surface area contributed by atoms with Gasteiger partial charge in [0.05, 0.1) is 6.10 Å². The number of fused-ring (bicyclic) bond motifs is 1. The van der Waals surface area contributed by atoms with Crippen molar-refractivity contribution < 1.29 is 19.7 Å². The molecule has 0 saturated heterocycles. The monoisotopic (exact) mass is 454 g/mol. The molecule has 1 heterocycles. The van der Waals surface area contributed by atoms with Gasteiger partial charge < -0.3 is 19.8 Å². The molecule has 0 saturated carbocycles. The van der Waals surface area contributed by atoms with Gasteiger partial charge in [-0.2, -0.15) is 0 Å². The van der Waals surface area contributed by atoms with E-state index in [2.05, 4.69) is 36.1 Å². The van der Waals surface area contributed by atoms with Crippen molar-refractivity contribution in [3.8, 4) is 5.75 Å². The topological polar surface area (TPSA) is 73.2 Å². The van der Waals surface area contributed by atoms with Gasteiger partial charge in [0.15, 0.2) is 0 Å². The highest BCUT2D eigenvalue weighted by Crippen LogP contribution is 2.24. The van der Waals surface area contributed by atoms with Gasteiger partial charge in [0.1, 0.15) is 18.5 Å². The highest BCUT2D eigenvalue weighted by atomic mass is 16.5. The number of carbonyl (C=O) groups is 1. The number of aryl methyl sites for hydroxylation is 2. The Kier molecular flexibility index (Phi) is 9.30. The van der Waals surface area contributed by atoms with E-state index in [-0.39, 0.29) is 12.5 Å². The molecule has 6 heteroatoms. The normalized spacial score (nSPS) is 20.9. The molecule has 0 unspecified atom stereocenters. The van der Waals surface area contributed by atoms with Crippen molar-refractivity contribution in [1.82, 2.24) is 9.80 Å². The summed E-state index contributed by atoms with van der Waals surface area (Å²) in [7, 11) is 3.48. The summed E-state index contributed by atoms with van der Waals surface area (Å²) in [5, 5.41) is 21.0. The molecule has 180 valence electrons. The van der Waals surface area contributed by atoms with E-state index in [0.717, 1.165) is 50.9 Å². The molecule has 0 spiro atoms. The third kappa shape index (κ3) is 7.56. The number of hydrogen-bond acceptors (Lipinski definition) is 5. The third-order valence-electron chi connectivity index (χ3n) is 6.22. The fraction of sp³-hybridized carbons (Fsp3) is 0.519. The fourth-order valence-electron chi connectivity index (χ4n) is 4.27. The van der Waals surface area contributed by atoms with Gasteiger partial charge in [0.2, 0.25) is 0 Å². The molecule has 0 radical (unpaired) electrons. The van der Waals surface area contributed by atoms with Crippen molar-refractivity contribution in [3.05, 3.63) is 64.7 Å². The summed E-state index contributed by atoms with van der Waals surface area (Å²) in [4.78, 5) is 16.3. The quantitative estimate of drug-likeness (QED) is 0.744. The number of ether oxygens (including phenoxy) is 1. The first kappa shape index (κ1) is 25.2. The molecular weight excluding hydrogens is 416 g/mol. The molecule has 2 aromatic rings. The Balaban J connectivity index is 1.72. The Morgan fingerprint density at radius 2 is 1.88 bits per heavy atom. The molecule has 1 amide bonds. The average Bonchev–Trinajstić information content (AvgIpc) is 2.79. The number of amides is 1. The maximum absolute atomic E-state index is 12.4. The van der Waals surface area contributed by atoms with Crippen LogP contribution in [0.2, 0.25) is 0 Å². The molecule has 2 atom stereocenters. The zero-order valence-electron chi connectivity index (χ0n) is 20.2. The molecule has 0 bridgehead atoms. The van der Waals surface area contributed by atoms with E-state index in [4.69, 9.17) is 4.74 Å². The second-order valence-electron chi connectivity index (χ2n) is 9.33. The summed E-state index contributed by atoms with van der Waals surface area (Å²) in [6, 6.07) is 14.0. The lowest BCUT2D eigenvalue weighted by Gasteiger charge is -2.26. The molecular formula is C27H38N2O4. The van der Waals surface area contributed by atoms with Crippen molar-refractivity contribution in [2.75, 3.05) is 33.8 Å². The van der Waals surface area contributed by atoms with Crippen LogP contribution in [0.15, 0.2) is 42.5 Å². The molecule has 3 rings (SSSR count). The van der Waals surface area contributed by atoms with E-state index in [1.54, 1.807) is 31.1 Å². The van der Waals surface area contributed by atoms with Crippen LogP contribution in [0.5, 0.6) is 5.75 Å². The number of rotatable bonds is 3. The maximum Gasteiger partial charge on any atom is 0.253 e. The number of aliphatic hydroxyl groups is 2. The second kappa shape index (κ2) is 12.2. The molecule has 6 nitrogen and oxygen atoms in total. The zero-order chi connectivity index (χ0) is 23.8. The predicted octanol–water partition coefficient (Wildman–Crippen LogP) is 3.42. The van der Waals surface area contributed by atoms with Gasteiger partial charge in [-0.05, 0) is 68.5 Å². The molecule has 2 aromatic carbocycles. The zero-order valence-corrected chi connectivity index (χ0v) is 20.2. The minimum Gasteiger partial charge on any atom is -0.491 e. The summed E-state index contributed by atoms with van der Waals surface area (Å²) >= 11 is 0. The highest BCUT2D eigenvalue weighted by Gasteiger charge is 2.20. The van der Waals surface area contributed by atoms with Crippen LogP contribution in [-0.2, 0) is 13.0 Å².